The fourth-order valence-electron chi connectivity index (χ4n) is 1.06. The van der Waals surface area contributed by atoms with Crippen LogP contribution in [0.4, 0.5) is 5.69 Å². The summed E-state index contributed by atoms with van der Waals surface area (Å²) in [7, 11) is 1.65. The summed E-state index contributed by atoms with van der Waals surface area (Å²) < 4.78 is 5.00. The molecule has 0 aliphatic rings. The molecule has 0 unspecified atom stereocenters. The summed E-state index contributed by atoms with van der Waals surface area (Å²) in [5, 5.41) is 0.658. The lowest BCUT2D eigenvalue weighted by Crippen LogP contribution is -1.97. The van der Waals surface area contributed by atoms with Crippen molar-refractivity contribution < 1.29 is 4.74 Å². The molecule has 0 radical (unpaired) electrons. The molecule has 0 atom stereocenters. The zero-order valence-electron chi connectivity index (χ0n) is 7.23. The van der Waals surface area contributed by atoms with Crippen LogP contribution < -0.4 is 5.73 Å². The van der Waals surface area contributed by atoms with E-state index < -0.39 is 0 Å². The maximum Gasteiger partial charge on any atom is 0.0716 e. The number of hydrogen-bond donors (Lipinski definition) is 1. The third kappa shape index (κ3) is 1.90. The Morgan fingerprint density at radius 3 is 2.75 bits per heavy atom. The summed E-state index contributed by atoms with van der Waals surface area (Å²) in [6, 6.07) is 3.62. The van der Waals surface area contributed by atoms with Gasteiger partial charge < -0.3 is 10.5 Å². The molecule has 0 aliphatic heterocycles. The van der Waals surface area contributed by atoms with Crippen LogP contribution in [0.5, 0.6) is 0 Å². The third-order valence-corrected chi connectivity index (χ3v) is 2.04. The smallest absolute Gasteiger partial charge is 0.0716 e. The largest absolute Gasteiger partial charge is 0.398 e. The molecule has 3 heteroatoms. The van der Waals surface area contributed by atoms with Crippen molar-refractivity contribution >= 4 is 17.3 Å². The van der Waals surface area contributed by atoms with Gasteiger partial charge in [-0.25, -0.2) is 0 Å². The highest BCUT2D eigenvalue weighted by Crippen LogP contribution is 2.22. The minimum Gasteiger partial charge on any atom is -0.398 e. The van der Waals surface area contributed by atoms with Gasteiger partial charge >= 0.3 is 0 Å². The Kier molecular flexibility index (Phi) is 2.95. The lowest BCUT2D eigenvalue weighted by atomic mass is 10.1. The van der Waals surface area contributed by atoms with Gasteiger partial charge in [0.25, 0.3) is 0 Å². The molecule has 0 saturated heterocycles. The third-order valence-electron chi connectivity index (χ3n) is 1.82. The maximum atomic E-state index is 5.82. The molecule has 0 aliphatic carbocycles. The average molecular weight is 186 g/mol. The molecule has 2 N–H and O–H groups in total. The highest BCUT2D eigenvalue weighted by atomic mass is 35.5. The number of nitrogens with two attached hydrogens (primary N) is 1. The van der Waals surface area contributed by atoms with Crippen molar-refractivity contribution in [3.63, 3.8) is 0 Å². The Bertz CT molecular complexity index is 286. The molecule has 0 aromatic heterocycles. The molecule has 12 heavy (non-hydrogen) atoms. The van der Waals surface area contributed by atoms with E-state index in [1.54, 1.807) is 13.2 Å². The predicted molar refractivity (Wildman–Crippen MR) is 51.3 cm³/mol. The van der Waals surface area contributed by atoms with Crippen LogP contribution in [-0.4, -0.2) is 7.11 Å². The molecule has 66 valence electrons. The van der Waals surface area contributed by atoms with Gasteiger partial charge in [-0.05, 0) is 30.2 Å². The van der Waals surface area contributed by atoms with Crippen molar-refractivity contribution in [1.29, 1.82) is 0 Å². The van der Waals surface area contributed by atoms with Crippen LogP contribution in [0.15, 0.2) is 12.1 Å². The topological polar surface area (TPSA) is 35.2 Å². The van der Waals surface area contributed by atoms with Crippen LogP contribution in [0.3, 0.4) is 0 Å². The van der Waals surface area contributed by atoms with Gasteiger partial charge in [0.15, 0.2) is 0 Å². The Morgan fingerprint density at radius 2 is 2.17 bits per heavy atom. The highest BCUT2D eigenvalue weighted by Gasteiger charge is 2.02. The number of methoxy groups -OCH3 is 1. The van der Waals surface area contributed by atoms with E-state index in [4.69, 9.17) is 22.1 Å². The van der Waals surface area contributed by atoms with E-state index in [0.717, 1.165) is 16.8 Å². The summed E-state index contributed by atoms with van der Waals surface area (Å²) in [5.41, 5.74) is 8.52. The first-order valence-electron chi connectivity index (χ1n) is 3.68. The quantitative estimate of drug-likeness (QED) is 0.719. The van der Waals surface area contributed by atoms with Gasteiger partial charge in [-0.15, -0.1) is 0 Å². The molecule has 1 aromatic carbocycles. The minimum absolute atomic E-state index is 0.552. The van der Waals surface area contributed by atoms with Crippen LogP contribution in [0.2, 0.25) is 5.02 Å². The van der Waals surface area contributed by atoms with Crippen molar-refractivity contribution in [2.45, 2.75) is 13.5 Å². The number of rotatable bonds is 2. The van der Waals surface area contributed by atoms with Crippen LogP contribution in [0.1, 0.15) is 11.1 Å². The lowest BCUT2D eigenvalue weighted by Gasteiger charge is -2.07. The summed E-state index contributed by atoms with van der Waals surface area (Å²) in [6.45, 7) is 2.51. The van der Waals surface area contributed by atoms with E-state index in [9.17, 15) is 0 Å². The fourth-order valence-corrected chi connectivity index (χ4v) is 1.31. The van der Waals surface area contributed by atoms with Crippen molar-refractivity contribution in [2.24, 2.45) is 0 Å². The monoisotopic (exact) mass is 185 g/mol. The second-order valence-corrected chi connectivity index (χ2v) is 3.15. The van der Waals surface area contributed by atoms with E-state index in [-0.39, 0.29) is 0 Å². The van der Waals surface area contributed by atoms with Crippen LogP contribution in [0.25, 0.3) is 0 Å². The second-order valence-electron chi connectivity index (χ2n) is 2.71. The molecule has 0 spiro atoms. The van der Waals surface area contributed by atoms with Gasteiger partial charge in [-0.2, -0.15) is 0 Å². The summed E-state index contributed by atoms with van der Waals surface area (Å²) >= 11 is 5.82. The molecule has 2 nitrogen and oxygen atoms in total. The zero-order chi connectivity index (χ0) is 9.14. The molecule has 0 amide bonds. The highest BCUT2D eigenvalue weighted by molar-refractivity contribution is 6.31. The summed E-state index contributed by atoms with van der Waals surface area (Å²) in [4.78, 5) is 0. The van der Waals surface area contributed by atoms with Crippen molar-refractivity contribution in [3.05, 3.63) is 28.3 Å². The van der Waals surface area contributed by atoms with Gasteiger partial charge in [0.2, 0.25) is 0 Å². The van der Waals surface area contributed by atoms with E-state index >= 15 is 0 Å². The van der Waals surface area contributed by atoms with Gasteiger partial charge in [0, 0.05) is 17.8 Å². The number of nitrogen functional groups attached to an aromatic ring is 1. The van der Waals surface area contributed by atoms with Crippen molar-refractivity contribution in [1.82, 2.24) is 0 Å². The van der Waals surface area contributed by atoms with Gasteiger partial charge in [-0.3, -0.25) is 0 Å². The normalized spacial score (nSPS) is 10.2. The Balaban J connectivity index is 3.09. The molecule has 1 aromatic rings. The van der Waals surface area contributed by atoms with E-state index in [2.05, 4.69) is 0 Å². The zero-order valence-corrected chi connectivity index (χ0v) is 7.98. The van der Waals surface area contributed by atoms with Gasteiger partial charge in [0.05, 0.1) is 6.61 Å². The van der Waals surface area contributed by atoms with Crippen molar-refractivity contribution in [2.75, 3.05) is 12.8 Å². The Morgan fingerprint density at radius 1 is 1.50 bits per heavy atom. The summed E-state index contributed by atoms with van der Waals surface area (Å²) in [6.07, 6.45) is 0. The molecule has 0 bridgehead atoms. The molecule has 0 fully saturated rings. The summed E-state index contributed by atoms with van der Waals surface area (Å²) in [5.74, 6) is 0. The standard InChI is InChI=1S/C9H12ClNO/c1-6-7(5-12-2)3-8(10)4-9(6)11/h3-4H,5,11H2,1-2H3. The first-order chi connectivity index (χ1) is 5.65. The molecular formula is C9H12ClNO. The SMILES string of the molecule is COCc1cc(Cl)cc(N)c1C. The Labute approximate surface area is 77.3 Å². The molecule has 1 rings (SSSR count). The molecule has 0 saturated carbocycles. The van der Waals surface area contributed by atoms with Gasteiger partial charge in [0.1, 0.15) is 0 Å². The van der Waals surface area contributed by atoms with Gasteiger partial charge in [-0.1, -0.05) is 11.6 Å². The van der Waals surface area contributed by atoms with Crippen LogP contribution >= 0.6 is 11.6 Å². The number of anilines is 1. The number of benzene rings is 1. The van der Waals surface area contributed by atoms with E-state index in [1.165, 1.54) is 0 Å². The first-order valence-corrected chi connectivity index (χ1v) is 4.06. The molecular weight excluding hydrogens is 174 g/mol. The van der Waals surface area contributed by atoms with Crippen LogP contribution in [0, 0.1) is 6.92 Å². The van der Waals surface area contributed by atoms with E-state index in [1.807, 2.05) is 13.0 Å². The van der Waals surface area contributed by atoms with E-state index in [0.29, 0.717) is 11.6 Å². The fraction of sp³-hybridized carbons (Fsp3) is 0.333. The van der Waals surface area contributed by atoms with Crippen LogP contribution in [-0.2, 0) is 11.3 Å². The average Bonchev–Trinajstić information content (AvgIpc) is 2.00. The lowest BCUT2D eigenvalue weighted by molar-refractivity contribution is 0.184. The number of hydrogen-bond acceptors (Lipinski definition) is 2. The maximum absolute atomic E-state index is 5.82. The number of halogens is 1. The van der Waals surface area contributed by atoms with Crippen molar-refractivity contribution in [3.8, 4) is 0 Å². The first kappa shape index (κ1) is 9.36. The predicted octanol–water partition coefficient (Wildman–Crippen LogP) is 2.38. The Hall–Kier alpha value is -0.730. The second kappa shape index (κ2) is 3.78. The number of ether oxygens (including phenoxy) is 1. The minimum atomic E-state index is 0.552. The molecule has 0 heterocycles.